The molecule has 2 rings (SSSR count). The Morgan fingerprint density at radius 3 is 2.55 bits per heavy atom. The van der Waals surface area contributed by atoms with Gasteiger partial charge in [-0.15, -0.1) is 9.90 Å². The second-order valence-corrected chi connectivity index (χ2v) is 4.25. The molecule has 0 saturated heterocycles. The maximum Gasteiger partial charge on any atom is 0.365 e. The summed E-state index contributed by atoms with van der Waals surface area (Å²) in [6.45, 7) is 1.65. The fourth-order valence-electron chi connectivity index (χ4n) is 1.90. The number of methoxy groups -OCH3 is 1. The van der Waals surface area contributed by atoms with Crippen molar-refractivity contribution in [1.82, 2.24) is 0 Å². The number of ether oxygens (including phenoxy) is 1. The van der Waals surface area contributed by atoms with Crippen LogP contribution in [0, 0.1) is 4.91 Å². The minimum absolute atomic E-state index is 0.566. The van der Waals surface area contributed by atoms with Crippen molar-refractivity contribution in [2.24, 2.45) is 5.34 Å². The number of carbonyl (C=O) groups excluding carboxylic acids is 1. The van der Waals surface area contributed by atoms with Crippen LogP contribution in [0.15, 0.2) is 41.7 Å². The van der Waals surface area contributed by atoms with Crippen LogP contribution in [-0.2, 0) is 14.7 Å². The van der Waals surface area contributed by atoms with Gasteiger partial charge >= 0.3 is 5.97 Å². The van der Waals surface area contributed by atoms with E-state index in [1.54, 1.807) is 14.0 Å². The quantitative estimate of drug-likeness (QED) is 0.476. The fourth-order valence-corrected chi connectivity index (χ4v) is 1.90. The van der Waals surface area contributed by atoms with Crippen LogP contribution in [0.25, 0.3) is 10.8 Å². The lowest BCUT2D eigenvalue weighted by Gasteiger charge is -2.10. The van der Waals surface area contributed by atoms with Gasteiger partial charge < -0.3 is 4.74 Å². The third-order valence-corrected chi connectivity index (χ3v) is 3.07. The van der Waals surface area contributed by atoms with Gasteiger partial charge in [-0.25, -0.2) is 9.68 Å². The SMILES string of the molecule is COc1ccc2cc([C@H](C)C(=O)OON=O)ccc2c1. The maximum absolute atomic E-state index is 11.6. The second-order valence-electron chi connectivity index (χ2n) is 4.25. The van der Waals surface area contributed by atoms with Gasteiger partial charge in [0.25, 0.3) is 0 Å². The van der Waals surface area contributed by atoms with Crippen molar-refractivity contribution >= 4 is 16.7 Å². The number of benzene rings is 2. The van der Waals surface area contributed by atoms with Crippen LogP contribution in [0.4, 0.5) is 0 Å². The van der Waals surface area contributed by atoms with Crippen LogP contribution >= 0.6 is 0 Å². The van der Waals surface area contributed by atoms with Crippen molar-refractivity contribution in [2.75, 3.05) is 7.11 Å². The number of hydrogen-bond acceptors (Lipinski definition) is 6. The highest BCUT2D eigenvalue weighted by atomic mass is 17.3. The Morgan fingerprint density at radius 1 is 1.15 bits per heavy atom. The molecule has 0 bridgehead atoms. The molecule has 0 unspecified atom stereocenters. The minimum Gasteiger partial charge on any atom is -0.497 e. The molecule has 0 aliphatic heterocycles. The zero-order valence-electron chi connectivity index (χ0n) is 11.0. The van der Waals surface area contributed by atoms with E-state index in [1.807, 2.05) is 41.7 Å². The Labute approximate surface area is 115 Å². The summed E-state index contributed by atoms with van der Waals surface area (Å²) in [6, 6.07) is 11.2. The molecule has 0 fully saturated rings. The van der Waals surface area contributed by atoms with Crippen LogP contribution < -0.4 is 4.74 Å². The van der Waals surface area contributed by atoms with Crippen LogP contribution in [0.3, 0.4) is 0 Å². The van der Waals surface area contributed by atoms with Gasteiger partial charge in [-0.3, -0.25) is 0 Å². The molecular formula is C14H13NO5. The molecular weight excluding hydrogens is 262 g/mol. The maximum atomic E-state index is 11.6. The average Bonchev–Trinajstić information content (AvgIpc) is 2.50. The van der Waals surface area contributed by atoms with E-state index < -0.39 is 11.9 Å². The Morgan fingerprint density at radius 2 is 1.85 bits per heavy atom. The molecule has 2 aromatic carbocycles. The molecule has 0 aromatic heterocycles. The van der Waals surface area contributed by atoms with E-state index in [0.29, 0.717) is 0 Å². The summed E-state index contributed by atoms with van der Waals surface area (Å²) in [4.78, 5) is 29.3. The van der Waals surface area contributed by atoms with Gasteiger partial charge in [-0.05, 0) is 35.4 Å². The monoisotopic (exact) mass is 275 g/mol. The number of hydrogen-bond donors (Lipinski definition) is 0. The minimum atomic E-state index is -0.683. The summed E-state index contributed by atoms with van der Waals surface area (Å²) >= 11 is 0. The first-order valence-electron chi connectivity index (χ1n) is 5.93. The molecule has 6 heteroatoms. The molecule has 0 aliphatic rings. The molecule has 6 nitrogen and oxygen atoms in total. The van der Waals surface area contributed by atoms with Gasteiger partial charge in [0.1, 0.15) is 5.75 Å². The summed E-state index contributed by atoms with van der Waals surface area (Å²) in [6.07, 6.45) is 0. The molecule has 1 atom stereocenters. The Hall–Kier alpha value is -2.63. The molecule has 0 N–H and O–H groups in total. The van der Waals surface area contributed by atoms with Crippen molar-refractivity contribution in [3.63, 3.8) is 0 Å². The van der Waals surface area contributed by atoms with Gasteiger partial charge in [0.2, 0.25) is 5.34 Å². The zero-order valence-corrected chi connectivity index (χ0v) is 11.0. The van der Waals surface area contributed by atoms with Crippen molar-refractivity contribution in [3.05, 3.63) is 46.9 Å². The van der Waals surface area contributed by atoms with Crippen LogP contribution in [-0.4, -0.2) is 13.1 Å². The first-order valence-corrected chi connectivity index (χ1v) is 5.93. The normalized spacial score (nSPS) is 11.7. The van der Waals surface area contributed by atoms with Gasteiger partial charge in [0, 0.05) is 0 Å². The summed E-state index contributed by atoms with van der Waals surface area (Å²) in [7, 11) is 1.61. The number of fused-ring (bicyclic) bond motifs is 1. The van der Waals surface area contributed by atoms with Crippen molar-refractivity contribution < 1.29 is 19.4 Å². The highest BCUT2D eigenvalue weighted by Crippen LogP contribution is 2.25. The predicted octanol–water partition coefficient (Wildman–Crippen LogP) is 3.11. The largest absolute Gasteiger partial charge is 0.497 e. The highest BCUT2D eigenvalue weighted by Gasteiger charge is 2.19. The summed E-state index contributed by atoms with van der Waals surface area (Å²) in [5.41, 5.74) is 0.752. The second kappa shape index (κ2) is 6.01. The first-order chi connectivity index (χ1) is 9.65. The first kappa shape index (κ1) is 13.8. The standard InChI is InChI=1S/C14H13NO5/c1-9(14(16)19-20-15-17)10-3-4-12-8-13(18-2)6-5-11(12)7-10/h3-9H,1-2H3/t9-/m0/s1. The number of carbonyl (C=O) groups is 1. The molecule has 2 aromatic rings. The molecule has 0 saturated carbocycles. The van der Waals surface area contributed by atoms with Crippen LogP contribution in [0.1, 0.15) is 18.4 Å². The van der Waals surface area contributed by atoms with Gasteiger partial charge in [-0.2, -0.15) is 0 Å². The number of rotatable bonds is 5. The third-order valence-electron chi connectivity index (χ3n) is 3.07. The summed E-state index contributed by atoms with van der Waals surface area (Å²) < 4.78 is 5.15. The molecule has 0 heterocycles. The average molecular weight is 275 g/mol. The Kier molecular flexibility index (Phi) is 4.14. The molecule has 0 amide bonds. The van der Waals surface area contributed by atoms with Crippen molar-refractivity contribution in [1.29, 1.82) is 0 Å². The van der Waals surface area contributed by atoms with Crippen molar-refractivity contribution in [3.8, 4) is 5.75 Å². The lowest BCUT2D eigenvalue weighted by molar-refractivity contribution is -0.275. The van der Waals surface area contributed by atoms with E-state index in [-0.39, 0.29) is 0 Å². The summed E-state index contributed by atoms with van der Waals surface area (Å²) in [5, 5.41) is 3.98. The smallest absolute Gasteiger partial charge is 0.365 e. The van der Waals surface area contributed by atoms with Crippen molar-refractivity contribution in [2.45, 2.75) is 12.8 Å². The molecule has 0 aliphatic carbocycles. The lowest BCUT2D eigenvalue weighted by Crippen LogP contribution is -2.12. The van der Waals surface area contributed by atoms with E-state index in [4.69, 9.17) is 4.74 Å². The third kappa shape index (κ3) is 2.85. The van der Waals surface area contributed by atoms with E-state index in [1.165, 1.54) is 0 Å². The highest BCUT2D eigenvalue weighted by molar-refractivity contribution is 5.86. The van der Waals surface area contributed by atoms with E-state index in [0.717, 1.165) is 22.1 Å². The summed E-state index contributed by atoms with van der Waals surface area (Å²) in [5.74, 6) is -0.483. The van der Waals surface area contributed by atoms with Crippen LogP contribution in [0.5, 0.6) is 5.75 Å². The van der Waals surface area contributed by atoms with Gasteiger partial charge in [0.05, 0.1) is 13.0 Å². The van der Waals surface area contributed by atoms with Crippen LogP contribution in [0.2, 0.25) is 0 Å². The molecule has 104 valence electrons. The lowest BCUT2D eigenvalue weighted by atomic mass is 9.98. The Balaban J connectivity index is 2.27. The molecule has 0 spiro atoms. The van der Waals surface area contributed by atoms with E-state index in [2.05, 4.69) is 9.88 Å². The molecule has 0 radical (unpaired) electrons. The Bertz CT molecular complexity index is 640. The van der Waals surface area contributed by atoms with Gasteiger partial charge in [0.15, 0.2) is 0 Å². The number of nitrogens with zero attached hydrogens (tertiary/aromatic N) is 1. The molecule has 20 heavy (non-hydrogen) atoms. The van der Waals surface area contributed by atoms with E-state index in [9.17, 15) is 9.70 Å². The van der Waals surface area contributed by atoms with E-state index >= 15 is 0 Å². The van der Waals surface area contributed by atoms with Gasteiger partial charge in [-0.1, -0.05) is 24.3 Å². The topological polar surface area (TPSA) is 74.2 Å². The zero-order chi connectivity index (χ0) is 14.5. The predicted molar refractivity (Wildman–Crippen MR) is 71.9 cm³/mol. The fraction of sp³-hybridized carbons (Fsp3) is 0.214.